The first-order valence-electron chi connectivity index (χ1n) is 9.95. The molecule has 0 aliphatic rings. The number of carbonyl (C=O) groups is 1. The lowest BCUT2D eigenvalue weighted by Crippen LogP contribution is -2.44. The topological polar surface area (TPSA) is 17.1 Å². The minimum absolute atomic E-state index is 0.257. The number of rotatable bonds is 14. The van der Waals surface area contributed by atoms with Crippen molar-refractivity contribution in [1.29, 1.82) is 0 Å². The molecule has 0 spiro atoms. The Bertz CT molecular complexity index is 439. The summed E-state index contributed by atoms with van der Waals surface area (Å²) in [7, 11) is 4.35. The standard InChI is InChI=1S/C22H38NO/c1-4-5-6-7-8-9-10-11-12-16-19-23(2,3)20-22(24)21-17-14-13-15-18-21/h13-15,17-18H,4-12,16,19-20H2,1-3H3/q+1. The fourth-order valence-electron chi connectivity index (χ4n) is 3.21. The number of benzene rings is 1. The van der Waals surface area contributed by atoms with Crippen LogP contribution in [0.1, 0.15) is 81.5 Å². The van der Waals surface area contributed by atoms with Crippen LogP contribution in [-0.2, 0) is 0 Å². The van der Waals surface area contributed by atoms with Crippen molar-refractivity contribution in [1.82, 2.24) is 0 Å². The molecule has 0 N–H and O–H groups in total. The van der Waals surface area contributed by atoms with E-state index in [1.54, 1.807) is 0 Å². The minimum atomic E-state index is 0.257. The molecule has 0 saturated carbocycles. The minimum Gasteiger partial charge on any atom is -0.322 e. The number of likely N-dealkylation sites (N-methyl/N-ethyl adjacent to an activating group) is 1. The molecule has 0 amide bonds. The van der Waals surface area contributed by atoms with E-state index < -0.39 is 0 Å². The highest BCUT2D eigenvalue weighted by molar-refractivity contribution is 5.96. The lowest BCUT2D eigenvalue weighted by molar-refractivity contribution is -0.882. The molecule has 0 unspecified atom stereocenters. The Balaban J connectivity index is 2.07. The van der Waals surface area contributed by atoms with Gasteiger partial charge in [0.05, 0.1) is 20.6 Å². The van der Waals surface area contributed by atoms with E-state index >= 15 is 0 Å². The number of unbranched alkanes of at least 4 members (excludes halogenated alkanes) is 9. The second kappa shape index (κ2) is 12.2. The predicted molar refractivity (Wildman–Crippen MR) is 104 cm³/mol. The Labute approximate surface area is 149 Å². The van der Waals surface area contributed by atoms with E-state index in [-0.39, 0.29) is 5.78 Å². The third kappa shape index (κ3) is 9.87. The first-order valence-corrected chi connectivity index (χ1v) is 9.95. The summed E-state index contributed by atoms with van der Waals surface area (Å²) in [5.41, 5.74) is 0.840. The van der Waals surface area contributed by atoms with Crippen LogP contribution in [0.5, 0.6) is 0 Å². The van der Waals surface area contributed by atoms with Gasteiger partial charge in [0, 0.05) is 5.56 Å². The molecule has 0 aliphatic carbocycles. The molecule has 0 aliphatic heterocycles. The maximum atomic E-state index is 12.3. The Kier molecular flexibility index (Phi) is 10.7. The molecule has 0 bridgehead atoms. The Morgan fingerprint density at radius 2 is 1.29 bits per heavy atom. The first-order chi connectivity index (χ1) is 11.5. The van der Waals surface area contributed by atoms with Crippen molar-refractivity contribution in [3.8, 4) is 0 Å². The highest BCUT2D eigenvalue weighted by Crippen LogP contribution is 2.12. The van der Waals surface area contributed by atoms with Crippen LogP contribution in [0.15, 0.2) is 30.3 Å². The highest BCUT2D eigenvalue weighted by Gasteiger charge is 2.20. The summed E-state index contributed by atoms with van der Waals surface area (Å²) < 4.78 is 0.796. The van der Waals surface area contributed by atoms with Gasteiger partial charge in [-0.1, -0.05) is 88.6 Å². The molecule has 136 valence electrons. The molecule has 2 heteroatoms. The van der Waals surface area contributed by atoms with Crippen LogP contribution in [-0.4, -0.2) is 37.5 Å². The van der Waals surface area contributed by atoms with Crippen molar-refractivity contribution in [2.45, 2.75) is 71.1 Å². The van der Waals surface area contributed by atoms with E-state index in [0.717, 1.165) is 16.6 Å². The third-order valence-electron chi connectivity index (χ3n) is 4.78. The lowest BCUT2D eigenvalue weighted by Gasteiger charge is -2.29. The van der Waals surface area contributed by atoms with E-state index in [1.807, 2.05) is 30.3 Å². The zero-order valence-corrected chi connectivity index (χ0v) is 16.2. The van der Waals surface area contributed by atoms with Gasteiger partial charge in [0.15, 0.2) is 0 Å². The van der Waals surface area contributed by atoms with Crippen LogP contribution in [0, 0.1) is 0 Å². The summed E-state index contributed by atoms with van der Waals surface area (Å²) in [5.74, 6) is 0.257. The highest BCUT2D eigenvalue weighted by atomic mass is 16.1. The van der Waals surface area contributed by atoms with Gasteiger partial charge in [0.2, 0.25) is 5.78 Å². The van der Waals surface area contributed by atoms with Crippen LogP contribution >= 0.6 is 0 Å². The van der Waals surface area contributed by atoms with Crippen molar-refractivity contribution >= 4 is 5.78 Å². The van der Waals surface area contributed by atoms with Crippen LogP contribution in [0.25, 0.3) is 0 Å². The first kappa shape index (κ1) is 20.9. The van der Waals surface area contributed by atoms with Gasteiger partial charge in [-0.15, -0.1) is 0 Å². The van der Waals surface area contributed by atoms with Crippen molar-refractivity contribution in [2.75, 3.05) is 27.2 Å². The number of hydrogen-bond acceptors (Lipinski definition) is 1. The SMILES string of the molecule is CCCCCCCCCCCC[N+](C)(C)CC(=O)c1ccccc1. The normalized spacial score (nSPS) is 11.6. The van der Waals surface area contributed by atoms with Crippen LogP contribution in [0.4, 0.5) is 0 Å². The summed E-state index contributed by atoms with van der Waals surface area (Å²) in [6.45, 7) is 3.96. The van der Waals surface area contributed by atoms with Crippen LogP contribution in [0.3, 0.4) is 0 Å². The Morgan fingerprint density at radius 1 is 0.792 bits per heavy atom. The van der Waals surface area contributed by atoms with Crippen molar-refractivity contribution < 1.29 is 9.28 Å². The summed E-state index contributed by atoms with van der Waals surface area (Å²) in [6, 6.07) is 9.68. The van der Waals surface area contributed by atoms with Gasteiger partial charge in [0.1, 0.15) is 6.54 Å². The zero-order valence-electron chi connectivity index (χ0n) is 16.2. The summed E-state index contributed by atoms with van der Waals surface area (Å²) >= 11 is 0. The van der Waals surface area contributed by atoms with E-state index in [1.165, 1.54) is 64.2 Å². The van der Waals surface area contributed by atoms with Gasteiger partial charge >= 0.3 is 0 Å². The molecule has 1 aromatic rings. The average molecular weight is 333 g/mol. The van der Waals surface area contributed by atoms with Crippen molar-refractivity contribution in [3.63, 3.8) is 0 Å². The van der Waals surface area contributed by atoms with Crippen LogP contribution < -0.4 is 0 Å². The summed E-state index contributed by atoms with van der Waals surface area (Å²) in [4.78, 5) is 12.3. The molecule has 0 fully saturated rings. The Hall–Kier alpha value is -1.15. The molecule has 0 saturated heterocycles. The summed E-state index contributed by atoms with van der Waals surface area (Å²) in [6.07, 6.45) is 13.6. The number of quaternary nitrogens is 1. The smallest absolute Gasteiger partial charge is 0.216 e. The number of Topliss-reactive ketones (excluding diaryl/α,β-unsaturated/α-hetero) is 1. The molecule has 1 aromatic carbocycles. The third-order valence-corrected chi connectivity index (χ3v) is 4.78. The maximum Gasteiger partial charge on any atom is 0.216 e. The van der Waals surface area contributed by atoms with Gasteiger partial charge in [-0.05, 0) is 12.8 Å². The molecule has 0 aromatic heterocycles. The van der Waals surface area contributed by atoms with Gasteiger partial charge in [0.25, 0.3) is 0 Å². The predicted octanol–water partition coefficient (Wildman–Crippen LogP) is 5.87. The number of carbonyl (C=O) groups excluding carboxylic acids is 1. The van der Waals surface area contributed by atoms with Crippen molar-refractivity contribution in [2.24, 2.45) is 0 Å². The monoisotopic (exact) mass is 332 g/mol. The Morgan fingerprint density at radius 3 is 1.83 bits per heavy atom. The quantitative estimate of drug-likeness (QED) is 0.237. The number of ketones is 1. The van der Waals surface area contributed by atoms with Gasteiger partial charge < -0.3 is 4.48 Å². The van der Waals surface area contributed by atoms with E-state index in [4.69, 9.17) is 0 Å². The molecule has 0 radical (unpaired) electrons. The second-order valence-corrected chi connectivity index (χ2v) is 7.79. The molecule has 1 rings (SSSR count). The fraction of sp³-hybridized carbons (Fsp3) is 0.682. The van der Waals surface area contributed by atoms with Gasteiger partial charge in [-0.25, -0.2) is 0 Å². The second-order valence-electron chi connectivity index (χ2n) is 7.79. The molecular weight excluding hydrogens is 294 g/mol. The largest absolute Gasteiger partial charge is 0.322 e. The lowest BCUT2D eigenvalue weighted by atomic mass is 10.1. The number of hydrogen-bond donors (Lipinski definition) is 0. The van der Waals surface area contributed by atoms with Crippen molar-refractivity contribution in [3.05, 3.63) is 35.9 Å². The summed E-state index contributed by atoms with van der Waals surface area (Å²) in [5, 5.41) is 0. The average Bonchev–Trinajstić information content (AvgIpc) is 2.57. The van der Waals surface area contributed by atoms with E-state index in [9.17, 15) is 4.79 Å². The van der Waals surface area contributed by atoms with Gasteiger partial charge in [-0.3, -0.25) is 4.79 Å². The molecular formula is C22H38NO+. The van der Waals surface area contributed by atoms with Gasteiger partial charge in [-0.2, -0.15) is 0 Å². The van der Waals surface area contributed by atoms with E-state index in [2.05, 4.69) is 21.0 Å². The van der Waals surface area contributed by atoms with Crippen LogP contribution in [0.2, 0.25) is 0 Å². The molecule has 0 atom stereocenters. The zero-order chi connectivity index (χ0) is 17.7. The van der Waals surface area contributed by atoms with E-state index in [0.29, 0.717) is 6.54 Å². The number of nitrogens with zero attached hydrogens (tertiary/aromatic N) is 1. The molecule has 0 heterocycles. The molecule has 24 heavy (non-hydrogen) atoms. The molecule has 2 nitrogen and oxygen atoms in total. The fourth-order valence-corrected chi connectivity index (χ4v) is 3.21. The maximum absolute atomic E-state index is 12.3.